The lowest BCUT2D eigenvalue weighted by Gasteiger charge is -2.03. The van der Waals surface area contributed by atoms with Crippen molar-refractivity contribution in [2.24, 2.45) is 0 Å². The Morgan fingerprint density at radius 1 is 1.50 bits per heavy atom. The molecule has 2 rings (SSSR count). The summed E-state index contributed by atoms with van der Waals surface area (Å²) in [6.45, 7) is 0.563. The maximum Gasteiger partial charge on any atom is 0.140 e. The van der Waals surface area contributed by atoms with Gasteiger partial charge in [0, 0.05) is 12.6 Å². The number of nitrogens with zero attached hydrogens (tertiary/aromatic N) is 1. The number of ether oxygens (including phenoxy) is 1. The van der Waals surface area contributed by atoms with Crippen molar-refractivity contribution in [2.75, 3.05) is 6.61 Å². The van der Waals surface area contributed by atoms with Crippen LogP contribution in [0.1, 0.15) is 6.42 Å². The summed E-state index contributed by atoms with van der Waals surface area (Å²) >= 11 is 1.63. The van der Waals surface area contributed by atoms with Crippen LogP contribution in [0.25, 0.3) is 10.2 Å². The van der Waals surface area contributed by atoms with Crippen LogP contribution < -0.4 is 4.74 Å². The predicted octanol–water partition coefficient (Wildman–Crippen LogP) is 2.70. The Hall–Kier alpha value is -1.53. The third-order valence-electron chi connectivity index (χ3n) is 1.81. The van der Waals surface area contributed by atoms with E-state index >= 15 is 0 Å². The fourth-order valence-electron chi connectivity index (χ4n) is 1.18. The number of thiophene rings is 1. The van der Waals surface area contributed by atoms with Gasteiger partial charge in [-0.2, -0.15) is 0 Å². The molecule has 0 bridgehead atoms. The van der Waals surface area contributed by atoms with Gasteiger partial charge in [-0.1, -0.05) is 0 Å². The second-order valence-corrected chi connectivity index (χ2v) is 3.66. The molecule has 0 atom stereocenters. The zero-order chi connectivity index (χ0) is 9.80. The number of terminal acetylenes is 1. The van der Waals surface area contributed by atoms with E-state index in [-0.39, 0.29) is 0 Å². The van der Waals surface area contributed by atoms with Crippen molar-refractivity contribution < 1.29 is 4.74 Å². The smallest absolute Gasteiger partial charge is 0.140 e. The van der Waals surface area contributed by atoms with Crippen molar-refractivity contribution >= 4 is 21.6 Å². The molecule has 0 aliphatic carbocycles. The van der Waals surface area contributed by atoms with Gasteiger partial charge in [0.15, 0.2) is 0 Å². The van der Waals surface area contributed by atoms with Gasteiger partial charge in [0.1, 0.15) is 5.75 Å². The standard InChI is InChI=1S/C11H9NOS/c1-2-3-7-13-10-4-6-12-9-5-8-14-11(9)10/h1,4-6,8H,3,7H2. The van der Waals surface area contributed by atoms with Crippen LogP contribution in [0.15, 0.2) is 23.7 Å². The number of pyridine rings is 1. The molecular weight excluding hydrogens is 194 g/mol. The number of rotatable bonds is 3. The van der Waals surface area contributed by atoms with Crippen LogP contribution in [0.3, 0.4) is 0 Å². The topological polar surface area (TPSA) is 22.1 Å². The van der Waals surface area contributed by atoms with Gasteiger partial charge in [-0.3, -0.25) is 4.98 Å². The van der Waals surface area contributed by atoms with Crippen LogP contribution in [0.4, 0.5) is 0 Å². The molecule has 0 spiro atoms. The second-order valence-electron chi connectivity index (χ2n) is 2.75. The average molecular weight is 203 g/mol. The minimum absolute atomic E-state index is 0.563. The van der Waals surface area contributed by atoms with Gasteiger partial charge in [0.25, 0.3) is 0 Å². The SMILES string of the molecule is C#CCCOc1ccnc2ccsc12. The summed E-state index contributed by atoms with van der Waals surface area (Å²) in [6, 6.07) is 3.85. The first-order chi connectivity index (χ1) is 6.92. The molecule has 2 aromatic rings. The van der Waals surface area contributed by atoms with E-state index in [0.29, 0.717) is 13.0 Å². The van der Waals surface area contributed by atoms with Gasteiger partial charge in [-0.15, -0.1) is 23.7 Å². The molecule has 3 heteroatoms. The van der Waals surface area contributed by atoms with E-state index in [1.807, 2.05) is 17.5 Å². The molecule has 0 fully saturated rings. The van der Waals surface area contributed by atoms with Crippen molar-refractivity contribution in [1.82, 2.24) is 4.98 Å². The van der Waals surface area contributed by atoms with Gasteiger partial charge in [0.2, 0.25) is 0 Å². The van der Waals surface area contributed by atoms with Crippen LogP contribution in [0.2, 0.25) is 0 Å². The van der Waals surface area contributed by atoms with Crippen LogP contribution in [-0.2, 0) is 0 Å². The monoisotopic (exact) mass is 203 g/mol. The zero-order valence-electron chi connectivity index (χ0n) is 7.56. The van der Waals surface area contributed by atoms with Gasteiger partial charge >= 0.3 is 0 Å². The molecule has 0 aromatic carbocycles. The number of aromatic nitrogens is 1. The molecule has 0 radical (unpaired) electrons. The first-order valence-corrected chi connectivity index (χ1v) is 5.18. The van der Waals surface area contributed by atoms with Crippen molar-refractivity contribution in [1.29, 1.82) is 0 Å². The molecule has 0 amide bonds. The van der Waals surface area contributed by atoms with E-state index in [0.717, 1.165) is 16.0 Å². The first-order valence-electron chi connectivity index (χ1n) is 4.30. The van der Waals surface area contributed by atoms with Crippen molar-refractivity contribution in [3.05, 3.63) is 23.7 Å². The summed E-state index contributed by atoms with van der Waals surface area (Å²) in [6.07, 6.45) is 7.53. The first kappa shape index (κ1) is 9.04. The van der Waals surface area contributed by atoms with Gasteiger partial charge in [-0.05, 0) is 17.5 Å². The zero-order valence-corrected chi connectivity index (χ0v) is 8.38. The minimum Gasteiger partial charge on any atom is -0.491 e. The molecular formula is C11H9NOS. The normalized spacial score (nSPS) is 9.93. The minimum atomic E-state index is 0.563. The molecule has 70 valence electrons. The Morgan fingerprint density at radius 3 is 3.29 bits per heavy atom. The second kappa shape index (κ2) is 4.12. The van der Waals surface area contributed by atoms with E-state index in [1.165, 1.54) is 0 Å². The van der Waals surface area contributed by atoms with E-state index in [1.54, 1.807) is 17.5 Å². The molecule has 14 heavy (non-hydrogen) atoms. The maximum absolute atomic E-state index is 5.55. The van der Waals surface area contributed by atoms with Gasteiger partial charge < -0.3 is 4.74 Å². The highest BCUT2D eigenvalue weighted by Gasteiger charge is 2.02. The van der Waals surface area contributed by atoms with Crippen LogP contribution in [0.5, 0.6) is 5.75 Å². The Kier molecular flexibility index (Phi) is 2.66. The van der Waals surface area contributed by atoms with Gasteiger partial charge in [0.05, 0.1) is 16.8 Å². The molecule has 2 heterocycles. The van der Waals surface area contributed by atoms with E-state index < -0.39 is 0 Å². The Labute approximate surface area is 86.5 Å². The lowest BCUT2D eigenvalue weighted by Crippen LogP contribution is -1.95. The summed E-state index contributed by atoms with van der Waals surface area (Å²) in [4.78, 5) is 4.22. The van der Waals surface area contributed by atoms with Crippen LogP contribution in [0, 0.1) is 12.3 Å². The molecule has 0 aliphatic rings. The quantitative estimate of drug-likeness (QED) is 0.565. The summed E-state index contributed by atoms with van der Waals surface area (Å²) in [5.74, 6) is 3.42. The highest BCUT2D eigenvalue weighted by Crippen LogP contribution is 2.28. The summed E-state index contributed by atoms with van der Waals surface area (Å²) in [5, 5.41) is 2.01. The van der Waals surface area contributed by atoms with Crippen molar-refractivity contribution in [3.8, 4) is 18.1 Å². The predicted molar refractivity (Wildman–Crippen MR) is 58.6 cm³/mol. The van der Waals surface area contributed by atoms with E-state index in [2.05, 4.69) is 10.9 Å². The highest BCUT2D eigenvalue weighted by atomic mass is 32.1. The molecule has 0 saturated heterocycles. The van der Waals surface area contributed by atoms with E-state index in [4.69, 9.17) is 11.2 Å². The molecule has 0 N–H and O–H groups in total. The molecule has 2 aromatic heterocycles. The van der Waals surface area contributed by atoms with Crippen molar-refractivity contribution in [3.63, 3.8) is 0 Å². The fourth-order valence-corrected chi connectivity index (χ4v) is 2.00. The molecule has 0 aliphatic heterocycles. The van der Waals surface area contributed by atoms with Gasteiger partial charge in [-0.25, -0.2) is 0 Å². The summed E-state index contributed by atoms with van der Waals surface area (Å²) < 4.78 is 6.63. The third-order valence-corrected chi connectivity index (χ3v) is 2.73. The largest absolute Gasteiger partial charge is 0.491 e. The lowest BCUT2D eigenvalue weighted by atomic mass is 10.4. The summed E-state index contributed by atoms with van der Waals surface area (Å²) in [5.41, 5.74) is 0.980. The lowest BCUT2D eigenvalue weighted by molar-refractivity contribution is 0.331. The Balaban J connectivity index is 2.24. The Morgan fingerprint density at radius 2 is 2.43 bits per heavy atom. The molecule has 0 saturated carbocycles. The summed E-state index contributed by atoms with van der Waals surface area (Å²) in [7, 11) is 0. The van der Waals surface area contributed by atoms with E-state index in [9.17, 15) is 0 Å². The fraction of sp³-hybridized carbons (Fsp3) is 0.182. The highest BCUT2D eigenvalue weighted by molar-refractivity contribution is 7.17. The molecule has 2 nitrogen and oxygen atoms in total. The average Bonchev–Trinajstić information content (AvgIpc) is 2.67. The third kappa shape index (κ3) is 1.70. The molecule has 0 unspecified atom stereocenters. The van der Waals surface area contributed by atoms with Crippen LogP contribution in [-0.4, -0.2) is 11.6 Å². The number of hydrogen-bond acceptors (Lipinski definition) is 3. The number of fused-ring (bicyclic) bond motifs is 1. The van der Waals surface area contributed by atoms with Crippen LogP contribution >= 0.6 is 11.3 Å². The Bertz CT molecular complexity index is 469. The maximum atomic E-state index is 5.55. The van der Waals surface area contributed by atoms with Crippen molar-refractivity contribution in [2.45, 2.75) is 6.42 Å². The number of hydrogen-bond donors (Lipinski definition) is 0.